The molecule has 62 valence electrons. The van der Waals surface area contributed by atoms with Crippen LogP contribution < -0.4 is 0 Å². The summed E-state index contributed by atoms with van der Waals surface area (Å²) in [6.07, 6.45) is 3.34. The summed E-state index contributed by atoms with van der Waals surface area (Å²) in [6, 6.07) is 0. The molecule has 0 radical (unpaired) electrons. The fourth-order valence-electron chi connectivity index (χ4n) is 0.827. The molecule has 1 aliphatic carbocycles. The lowest BCUT2D eigenvalue weighted by Crippen LogP contribution is -1.90. The van der Waals surface area contributed by atoms with Crippen molar-refractivity contribution in [2.45, 2.75) is 0 Å². The van der Waals surface area contributed by atoms with Gasteiger partial charge in [-0.3, -0.25) is 0 Å². The lowest BCUT2D eigenvalue weighted by Gasteiger charge is -1.95. The molecule has 0 atom stereocenters. The SMILES string of the molecule is CO/C(O)=C1/C=CC(I)=C1[N+]#N. The number of rotatable bonds is 1. The van der Waals surface area contributed by atoms with Crippen molar-refractivity contribution in [3.63, 3.8) is 0 Å². The predicted octanol–water partition coefficient (Wildman–Crippen LogP) is 2.47. The van der Waals surface area contributed by atoms with Crippen LogP contribution in [0.5, 0.6) is 0 Å². The molecule has 0 bridgehead atoms. The number of methoxy groups -OCH3 is 1. The van der Waals surface area contributed by atoms with Crippen LogP contribution in [0.15, 0.2) is 32.9 Å². The second kappa shape index (κ2) is 3.58. The zero-order valence-electron chi connectivity index (χ0n) is 6.28. The Labute approximate surface area is 83.0 Å². The van der Waals surface area contributed by atoms with Gasteiger partial charge < -0.3 is 9.84 Å². The molecule has 0 heterocycles. The van der Waals surface area contributed by atoms with E-state index in [1.807, 2.05) is 22.6 Å². The highest BCUT2D eigenvalue weighted by Gasteiger charge is 2.29. The van der Waals surface area contributed by atoms with Crippen LogP contribution in [0.25, 0.3) is 4.98 Å². The van der Waals surface area contributed by atoms with Crippen molar-refractivity contribution >= 4 is 22.6 Å². The van der Waals surface area contributed by atoms with Crippen LogP contribution in [0.2, 0.25) is 0 Å². The molecular formula is C7H6IN2O2+. The normalized spacial score (nSPS) is 19.4. The largest absolute Gasteiger partial charge is 0.480 e. The molecule has 0 amide bonds. The van der Waals surface area contributed by atoms with Gasteiger partial charge in [-0.05, 0) is 34.7 Å². The summed E-state index contributed by atoms with van der Waals surface area (Å²) in [6.45, 7) is 0. The zero-order valence-corrected chi connectivity index (χ0v) is 8.44. The first-order chi connectivity index (χ1) is 5.70. The van der Waals surface area contributed by atoms with Gasteiger partial charge in [0.15, 0.2) is 10.5 Å². The lowest BCUT2D eigenvalue weighted by molar-refractivity contribution is 0.133. The second-order valence-electron chi connectivity index (χ2n) is 2.05. The number of allylic oxidation sites excluding steroid dienone is 3. The van der Waals surface area contributed by atoms with E-state index in [4.69, 9.17) is 5.39 Å². The van der Waals surface area contributed by atoms with E-state index in [1.165, 1.54) is 7.11 Å². The van der Waals surface area contributed by atoms with Gasteiger partial charge in [0.05, 0.1) is 7.11 Å². The van der Waals surface area contributed by atoms with Gasteiger partial charge in [0.1, 0.15) is 3.58 Å². The third kappa shape index (κ3) is 1.43. The third-order valence-electron chi connectivity index (χ3n) is 1.40. The zero-order chi connectivity index (χ0) is 9.14. The Bertz CT molecular complexity index is 336. The Kier molecular flexibility index (Phi) is 2.70. The number of diazo groups is 1. The minimum atomic E-state index is -0.245. The first kappa shape index (κ1) is 9.06. The molecule has 0 aromatic carbocycles. The van der Waals surface area contributed by atoms with Crippen LogP contribution >= 0.6 is 22.6 Å². The number of halogens is 1. The molecule has 0 fully saturated rings. The Morgan fingerprint density at radius 1 is 1.67 bits per heavy atom. The number of nitrogens with zero attached hydrogens (tertiary/aromatic N) is 2. The molecule has 4 nitrogen and oxygen atoms in total. The fraction of sp³-hybridized carbons (Fsp3) is 0.143. The first-order valence-corrected chi connectivity index (χ1v) is 4.19. The maximum Gasteiger partial charge on any atom is 0.412 e. The molecule has 0 aliphatic heterocycles. The molecule has 0 aromatic rings. The molecule has 0 aromatic heterocycles. The van der Waals surface area contributed by atoms with E-state index in [2.05, 4.69) is 9.71 Å². The molecule has 1 rings (SSSR count). The molecule has 12 heavy (non-hydrogen) atoms. The highest BCUT2D eigenvalue weighted by atomic mass is 127. The van der Waals surface area contributed by atoms with Gasteiger partial charge in [-0.1, -0.05) is 0 Å². The van der Waals surface area contributed by atoms with E-state index in [-0.39, 0.29) is 5.95 Å². The van der Waals surface area contributed by atoms with E-state index in [9.17, 15) is 5.11 Å². The average Bonchev–Trinajstić information content (AvgIpc) is 2.45. The predicted molar refractivity (Wildman–Crippen MR) is 51.9 cm³/mol. The second-order valence-corrected chi connectivity index (χ2v) is 3.22. The van der Waals surface area contributed by atoms with Crippen LogP contribution in [0, 0.1) is 5.39 Å². The lowest BCUT2D eigenvalue weighted by atomic mass is 10.3. The molecule has 5 heteroatoms. The van der Waals surface area contributed by atoms with Crippen molar-refractivity contribution in [1.82, 2.24) is 0 Å². The monoisotopic (exact) mass is 277 g/mol. The Balaban J connectivity index is 3.16. The van der Waals surface area contributed by atoms with E-state index < -0.39 is 0 Å². The summed E-state index contributed by atoms with van der Waals surface area (Å²) < 4.78 is 5.35. The summed E-state index contributed by atoms with van der Waals surface area (Å²) in [4.78, 5) is 3.03. The maximum absolute atomic E-state index is 9.17. The highest BCUT2D eigenvalue weighted by Crippen LogP contribution is 2.31. The fourth-order valence-corrected chi connectivity index (χ4v) is 1.41. The van der Waals surface area contributed by atoms with Crippen LogP contribution in [0.4, 0.5) is 0 Å². The molecule has 0 saturated carbocycles. The smallest absolute Gasteiger partial charge is 0.412 e. The van der Waals surface area contributed by atoms with Crippen LogP contribution in [-0.2, 0) is 4.74 Å². The number of aliphatic hydroxyl groups is 1. The van der Waals surface area contributed by atoms with Crippen molar-refractivity contribution in [2.75, 3.05) is 7.11 Å². The topological polar surface area (TPSA) is 57.6 Å². The Morgan fingerprint density at radius 3 is 2.83 bits per heavy atom. The summed E-state index contributed by atoms with van der Waals surface area (Å²) in [5, 5.41) is 17.7. The average molecular weight is 277 g/mol. The van der Waals surface area contributed by atoms with Crippen LogP contribution in [0.1, 0.15) is 0 Å². The van der Waals surface area contributed by atoms with Crippen molar-refractivity contribution < 1.29 is 9.84 Å². The summed E-state index contributed by atoms with van der Waals surface area (Å²) in [5.41, 5.74) is 0.722. The summed E-state index contributed by atoms with van der Waals surface area (Å²) in [7, 11) is 1.34. The van der Waals surface area contributed by atoms with E-state index in [0.717, 1.165) is 3.58 Å². The number of ether oxygens (including phenoxy) is 1. The molecule has 1 N–H and O–H groups in total. The highest BCUT2D eigenvalue weighted by molar-refractivity contribution is 14.1. The van der Waals surface area contributed by atoms with Crippen molar-refractivity contribution in [1.29, 1.82) is 5.39 Å². The van der Waals surface area contributed by atoms with Gasteiger partial charge in [-0.2, -0.15) is 0 Å². The van der Waals surface area contributed by atoms with Gasteiger partial charge in [0.25, 0.3) is 5.95 Å². The quantitative estimate of drug-likeness (QED) is 0.455. The molecule has 0 unspecified atom stereocenters. The summed E-state index contributed by atoms with van der Waals surface area (Å²) in [5.74, 6) is -0.245. The number of hydrogen-bond donors (Lipinski definition) is 1. The van der Waals surface area contributed by atoms with Crippen molar-refractivity contribution in [3.8, 4) is 0 Å². The minimum absolute atomic E-state index is 0.245. The van der Waals surface area contributed by atoms with E-state index >= 15 is 0 Å². The number of aliphatic hydroxyl groups excluding tert-OH is 1. The maximum atomic E-state index is 9.17. The molecular weight excluding hydrogens is 271 g/mol. The van der Waals surface area contributed by atoms with E-state index in [1.54, 1.807) is 12.2 Å². The minimum Gasteiger partial charge on any atom is -0.480 e. The Morgan fingerprint density at radius 2 is 2.33 bits per heavy atom. The summed E-state index contributed by atoms with van der Waals surface area (Å²) >= 11 is 2.00. The van der Waals surface area contributed by atoms with Gasteiger partial charge in [-0.25, -0.2) is 0 Å². The molecule has 0 spiro atoms. The number of hydrogen-bond acceptors (Lipinski definition) is 3. The van der Waals surface area contributed by atoms with Gasteiger partial charge in [0, 0.05) is 0 Å². The van der Waals surface area contributed by atoms with Gasteiger partial charge in [0.2, 0.25) is 5.39 Å². The standard InChI is InChI=1S/C7H5IN2O2/c1-12-7(11)4-2-3-5(8)6(4)10-9/h2-3H,1H3/p+1/b7-4-. The first-order valence-electron chi connectivity index (χ1n) is 3.11. The van der Waals surface area contributed by atoms with Crippen molar-refractivity contribution in [3.05, 3.63) is 37.9 Å². The van der Waals surface area contributed by atoms with Crippen LogP contribution in [-0.4, -0.2) is 12.2 Å². The third-order valence-corrected chi connectivity index (χ3v) is 2.27. The Hall–Kier alpha value is -1.03. The van der Waals surface area contributed by atoms with Gasteiger partial charge in [-0.15, -0.1) is 0 Å². The van der Waals surface area contributed by atoms with Gasteiger partial charge >= 0.3 is 5.70 Å². The molecule has 0 saturated heterocycles. The molecule has 1 aliphatic rings. The van der Waals surface area contributed by atoms with Crippen molar-refractivity contribution in [2.24, 2.45) is 0 Å². The van der Waals surface area contributed by atoms with Crippen LogP contribution in [0.3, 0.4) is 0 Å². The van der Waals surface area contributed by atoms with E-state index in [0.29, 0.717) is 11.3 Å².